The maximum absolute atomic E-state index is 13.1. The van der Waals surface area contributed by atoms with Crippen LogP contribution in [0.15, 0.2) is 18.2 Å². The number of rotatable bonds is 7. The van der Waals surface area contributed by atoms with Gasteiger partial charge in [0, 0.05) is 12.1 Å². The first kappa shape index (κ1) is 13.4. The molecule has 3 N–H and O–H groups in total. The van der Waals surface area contributed by atoms with Gasteiger partial charge in [0.25, 0.3) is 5.91 Å². The number of benzene rings is 1. The second kappa shape index (κ2) is 6.85. The summed E-state index contributed by atoms with van der Waals surface area (Å²) in [6.07, 6.45) is 0.993. The summed E-state index contributed by atoms with van der Waals surface area (Å²) in [5.41, 5.74) is 5.67. The summed E-state index contributed by atoms with van der Waals surface area (Å²) >= 11 is 0. The van der Waals surface area contributed by atoms with Gasteiger partial charge in [-0.2, -0.15) is 0 Å². The molecule has 0 fully saturated rings. The average molecular weight is 240 g/mol. The molecular weight excluding hydrogens is 223 g/mol. The molecule has 5 heteroatoms. The molecule has 0 saturated heterocycles. The fraction of sp³-hybridized carbons (Fsp3) is 0.417. The lowest BCUT2D eigenvalue weighted by Gasteiger charge is -2.11. The van der Waals surface area contributed by atoms with Crippen molar-refractivity contribution in [1.29, 1.82) is 0 Å². The van der Waals surface area contributed by atoms with Crippen molar-refractivity contribution >= 4 is 5.91 Å². The lowest BCUT2D eigenvalue weighted by molar-refractivity contribution is -0.119. The van der Waals surface area contributed by atoms with Gasteiger partial charge in [-0.3, -0.25) is 4.79 Å². The number of nitrogens with one attached hydrogen (secondary N) is 1. The van der Waals surface area contributed by atoms with Crippen molar-refractivity contribution in [2.75, 3.05) is 13.2 Å². The Hall–Kier alpha value is -1.62. The van der Waals surface area contributed by atoms with Gasteiger partial charge in [-0.1, -0.05) is 6.92 Å². The number of halogens is 1. The number of hydrogen-bond acceptors (Lipinski definition) is 3. The molecule has 0 aliphatic heterocycles. The van der Waals surface area contributed by atoms with Gasteiger partial charge in [0.1, 0.15) is 11.6 Å². The molecule has 0 atom stereocenters. The van der Waals surface area contributed by atoms with Crippen LogP contribution in [-0.4, -0.2) is 19.1 Å². The van der Waals surface area contributed by atoms with Crippen LogP contribution >= 0.6 is 0 Å². The van der Waals surface area contributed by atoms with Crippen molar-refractivity contribution in [3.63, 3.8) is 0 Å². The van der Waals surface area contributed by atoms with Crippen LogP contribution in [0.1, 0.15) is 18.9 Å². The number of carbonyl (C=O) groups is 1. The van der Waals surface area contributed by atoms with E-state index in [1.54, 1.807) is 0 Å². The van der Waals surface area contributed by atoms with Gasteiger partial charge >= 0.3 is 0 Å². The number of amides is 1. The molecule has 1 aromatic rings. The highest BCUT2D eigenvalue weighted by Gasteiger charge is 2.06. The van der Waals surface area contributed by atoms with Gasteiger partial charge in [0.15, 0.2) is 6.61 Å². The van der Waals surface area contributed by atoms with Gasteiger partial charge < -0.3 is 15.8 Å². The highest BCUT2D eigenvalue weighted by molar-refractivity contribution is 5.75. The van der Waals surface area contributed by atoms with E-state index in [2.05, 4.69) is 5.32 Å². The standard InChI is InChI=1S/C12H17FN2O2/c1-2-5-15-7-9-6-10(13)3-4-11(9)17-8-12(14)16/h3-4,6,15H,2,5,7-8H2,1H3,(H2,14,16). The Morgan fingerprint density at radius 2 is 2.29 bits per heavy atom. The first-order valence-electron chi connectivity index (χ1n) is 5.53. The highest BCUT2D eigenvalue weighted by Crippen LogP contribution is 2.19. The second-order valence-corrected chi connectivity index (χ2v) is 3.68. The third-order valence-corrected chi connectivity index (χ3v) is 2.13. The van der Waals surface area contributed by atoms with Gasteiger partial charge in [-0.05, 0) is 31.2 Å². The maximum Gasteiger partial charge on any atom is 0.255 e. The number of carbonyl (C=O) groups excluding carboxylic acids is 1. The zero-order chi connectivity index (χ0) is 12.7. The summed E-state index contributed by atoms with van der Waals surface area (Å²) < 4.78 is 18.3. The minimum Gasteiger partial charge on any atom is -0.483 e. The average Bonchev–Trinajstić information content (AvgIpc) is 2.28. The maximum atomic E-state index is 13.1. The van der Waals surface area contributed by atoms with E-state index in [4.69, 9.17) is 10.5 Å². The lowest BCUT2D eigenvalue weighted by Crippen LogP contribution is -2.21. The van der Waals surface area contributed by atoms with E-state index in [9.17, 15) is 9.18 Å². The van der Waals surface area contributed by atoms with E-state index < -0.39 is 5.91 Å². The molecule has 4 nitrogen and oxygen atoms in total. The first-order chi connectivity index (χ1) is 8.13. The topological polar surface area (TPSA) is 64.3 Å². The van der Waals surface area contributed by atoms with Crippen LogP contribution in [0.3, 0.4) is 0 Å². The highest BCUT2D eigenvalue weighted by atomic mass is 19.1. The molecule has 94 valence electrons. The fourth-order valence-electron chi connectivity index (χ4n) is 1.38. The quantitative estimate of drug-likeness (QED) is 0.704. The van der Waals surface area contributed by atoms with Crippen LogP contribution in [0.2, 0.25) is 0 Å². The Morgan fingerprint density at radius 3 is 2.94 bits per heavy atom. The van der Waals surface area contributed by atoms with E-state index in [0.29, 0.717) is 17.9 Å². The molecule has 1 aromatic carbocycles. The van der Waals surface area contributed by atoms with Gasteiger partial charge in [0.05, 0.1) is 0 Å². The summed E-state index contributed by atoms with van der Waals surface area (Å²) in [7, 11) is 0. The molecule has 0 aliphatic rings. The molecule has 0 saturated carbocycles. The molecule has 1 amide bonds. The normalized spacial score (nSPS) is 10.2. The Bertz CT molecular complexity index is 383. The van der Waals surface area contributed by atoms with Crippen LogP contribution in [0.25, 0.3) is 0 Å². The summed E-state index contributed by atoms with van der Waals surface area (Å²) in [4.78, 5) is 10.6. The van der Waals surface area contributed by atoms with Crippen LogP contribution in [-0.2, 0) is 11.3 Å². The van der Waals surface area contributed by atoms with E-state index in [0.717, 1.165) is 13.0 Å². The smallest absolute Gasteiger partial charge is 0.255 e. The van der Waals surface area contributed by atoms with Crippen molar-refractivity contribution in [1.82, 2.24) is 5.32 Å². The molecular formula is C12H17FN2O2. The summed E-state index contributed by atoms with van der Waals surface area (Å²) in [6, 6.07) is 4.18. The molecule has 0 heterocycles. The summed E-state index contributed by atoms with van der Waals surface area (Å²) in [5, 5.41) is 3.14. The predicted octanol–water partition coefficient (Wildman–Crippen LogP) is 1.19. The van der Waals surface area contributed by atoms with E-state index in [1.807, 2.05) is 6.92 Å². The minimum absolute atomic E-state index is 0.202. The monoisotopic (exact) mass is 240 g/mol. The SMILES string of the molecule is CCCNCc1cc(F)ccc1OCC(N)=O. The number of ether oxygens (including phenoxy) is 1. The summed E-state index contributed by atoms with van der Waals surface area (Å²) in [5.74, 6) is -0.402. The predicted molar refractivity (Wildman–Crippen MR) is 63.1 cm³/mol. The first-order valence-corrected chi connectivity index (χ1v) is 5.53. The van der Waals surface area contributed by atoms with Crippen molar-refractivity contribution in [3.8, 4) is 5.75 Å². The van der Waals surface area contributed by atoms with Crippen LogP contribution in [0, 0.1) is 5.82 Å². The zero-order valence-corrected chi connectivity index (χ0v) is 9.83. The third kappa shape index (κ3) is 4.82. The molecule has 0 bridgehead atoms. The fourth-order valence-corrected chi connectivity index (χ4v) is 1.38. The largest absolute Gasteiger partial charge is 0.483 e. The third-order valence-electron chi connectivity index (χ3n) is 2.13. The van der Waals surface area contributed by atoms with Crippen LogP contribution in [0.4, 0.5) is 4.39 Å². The minimum atomic E-state index is -0.554. The van der Waals surface area contributed by atoms with Crippen molar-refractivity contribution in [3.05, 3.63) is 29.6 Å². The number of nitrogens with two attached hydrogens (primary N) is 1. The second-order valence-electron chi connectivity index (χ2n) is 3.68. The Morgan fingerprint density at radius 1 is 1.53 bits per heavy atom. The van der Waals surface area contributed by atoms with Gasteiger partial charge in [-0.15, -0.1) is 0 Å². The van der Waals surface area contributed by atoms with E-state index in [-0.39, 0.29) is 12.4 Å². The molecule has 0 spiro atoms. The molecule has 0 unspecified atom stereocenters. The van der Waals surface area contributed by atoms with Crippen molar-refractivity contribution < 1.29 is 13.9 Å². The lowest BCUT2D eigenvalue weighted by atomic mass is 10.2. The van der Waals surface area contributed by atoms with E-state index >= 15 is 0 Å². The Balaban J connectivity index is 2.69. The van der Waals surface area contributed by atoms with Gasteiger partial charge in [0.2, 0.25) is 0 Å². The van der Waals surface area contributed by atoms with Crippen molar-refractivity contribution in [2.45, 2.75) is 19.9 Å². The zero-order valence-electron chi connectivity index (χ0n) is 9.83. The Labute approximate surface area is 100.0 Å². The molecule has 0 aliphatic carbocycles. The Kier molecular flexibility index (Phi) is 5.42. The van der Waals surface area contributed by atoms with E-state index in [1.165, 1.54) is 18.2 Å². The van der Waals surface area contributed by atoms with Crippen LogP contribution < -0.4 is 15.8 Å². The van der Waals surface area contributed by atoms with Gasteiger partial charge in [-0.25, -0.2) is 4.39 Å². The molecule has 0 aromatic heterocycles. The number of hydrogen-bond donors (Lipinski definition) is 2. The molecule has 17 heavy (non-hydrogen) atoms. The number of primary amides is 1. The van der Waals surface area contributed by atoms with Crippen LogP contribution in [0.5, 0.6) is 5.75 Å². The molecule has 1 rings (SSSR count). The molecule has 0 radical (unpaired) electrons. The summed E-state index contributed by atoms with van der Waals surface area (Å²) in [6.45, 7) is 3.18. The van der Waals surface area contributed by atoms with Crippen molar-refractivity contribution in [2.24, 2.45) is 5.73 Å².